The Labute approximate surface area is 119 Å². The Morgan fingerprint density at radius 3 is 2.53 bits per heavy atom. The van der Waals surface area contributed by atoms with Crippen LogP contribution in [0.15, 0.2) is 24.3 Å². The molecule has 0 aliphatic carbocycles. The van der Waals surface area contributed by atoms with Gasteiger partial charge in [0.25, 0.3) is 0 Å². The zero-order chi connectivity index (χ0) is 13.7. The number of benzene rings is 1. The van der Waals surface area contributed by atoms with E-state index < -0.39 is 10.0 Å². The van der Waals surface area contributed by atoms with Gasteiger partial charge in [0, 0.05) is 18.3 Å². The fourth-order valence-electron chi connectivity index (χ4n) is 2.10. The number of nitrogens with one attached hydrogen (secondary N) is 2. The van der Waals surface area contributed by atoms with Crippen molar-refractivity contribution in [3.63, 3.8) is 0 Å². The molecule has 19 heavy (non-hydrogen) atoms. The standard InChI is InChI=1S/C13H20N2O2S2/c1-14-8-11-2-4-12(5-3-11)10-19(16,17)15-13-6-7-18-9-13/h2-5,13-15H,6-10H2,1H3. The van der Waals surface area contributed by atoms with Gasteiger partial charge in [-0.1, -0.05) is 24.3 Å². The van der Waals surface area contributed by atoms with Gasteiger partial charge in [0.05, 0.1) is 5.75 Å². The van der Waals surface area contributed by atoms with Crippen LogP contribution in [0.3, 0.4) is 0 Å². The molecular formula is C13H20N2O2S2. The van der Waals surface area contributed by atoms with E-state index in [4.69, 9.17) is 0 Å². The minimum absolute atomic E-state index is 0.0635. The Hall–Kier alpha value is -0.560. The van der Waals surface area contributed by atoms with Crippen molar-refractivity contribution in [2.75, 3.05) is 18.6 Å². The Morgan fingerprint density at radius 2 is 1.95 bits per heavy atom. The molecule has 0 spiro atoms. The molecule has 1 unspecified atom stereocenters. The summed E-state index contributed by atoms with van der Waals surface area (Å²) in [7, 11) is -1.33. The number of hydrogen-bond donors (Lipinski definition) is 2. The van der Waals surface area contributed by atoms with Crippen molar-refractivity contribution < 1.29 is 8.42 Å². The first-order chi connectivity index (χ1) is 9.09. The maximum Gasteiger partial charge on any atom is 0.216 e. The number of hydrogen-bond acceptors (Lipinski definition) is 4. The lowest BCUT2D eigenvalue weighted by molar-refractivity contribution is 0.562. The van der Waals surface area contributed by atoms with Crippen molar-refractivity contribution >= 4 is 21.8 Å². The normalized spacial score (nSPS) is 19.7. The van der Waals surface area contributed by atoms with Crippen LogP contribution in [0.1, 0.15) is 17.5 Å². The van der Waals surface area contributed by atoms with E-state index in [2.05, 4.69) is 10.0 Å². The van der Waals surface area contributed by atoms with Crippen molar-refractivity contribution in [2.24, 2.45) is 0 Å². The molecular weight excluding hydrogens is 280 g/mol. The van der Waals surface area contributed by atoms with Gasteiger partial charge in [-0.05, 0) is 30.3 Å². The summed E-state index contributed by atoms with van der Waals surface area (Å²) in [6.45, 7) is 0.796. The van der Waals surface area contributed by atoms with Crippen LogP contribution in [-0.4, -0.2) is 33.0 Å². The van der Waals surface area contributed by atoms with Crippen molar-refractivity contribution in [1.29, 1.82) is 0 Å². The highest BCUT2D eigenvalue weighted by atomic mass is 32.2. The SMILES string of the molecule is CNCc1ccc(CS(=O)(=O)NC2CCSC2)cc1. The molecule has 0 aromatic heterocycles. The average molecular weight is 300 g/mol. The first-order valence-electron chi connectivity index (χ1n) is 6.39. The highest BCUT2D eigenvalue weighted by molar-refractivity contribution is 7.99. The average Bonchev–Trinajstić information content (AvgIpc) is 2.83. The molecule has 1 saturated heterocycles. The van der Waals surface area contributed by atoms with Crippen LogP contribution in [0.5, 0.6) is 0 Å². The van der Waals surface area contributed by atoms with E-state index in [0.717, 1.165) is 35.6 Å². The second-order valence-corrected chi connectivity index (χ2v) is 7.69. The van der Waals surface area contributed by atoms with Crippen LogP contribution < -0.4 is 10.0 Å². The quantitative estimate of drug-likeness (QED) is 0.832. The molecule has 0 bridgehead atoms. The van der Waals surface area contributed by atoms with Crippen LogP contribution in [-0.2, 0) is 22.3 Å². The second-order valence-electron chi connectivity index (χ2n) is 4.78. The maximum absolute atomic E-state index is 12.0. The monoisotopic (exact) mass is 300 g/mol. The third kappa shape index (κ3) is 4.80. The summed E-state index contributed by atoms with van der Waals surface area (Å²) >= 11 is 1.80. The van der Waals surface area contributed by atoms with Gasteiger partial charge in [-0.2, -0.15) is 11.8 Å². The molecule has 2 N–H and O–H groups in total. The smallest absolute Gasteiger partial charge is 0.216 e. The predicted octanol–water partition coefficient (Wildman–Crippen LogP) is 1.33. The molecule has 0 amide bonds. The first kappa shape index (κ1) is 14.8. The summed E-state index contributed by atoms with van der Waals surface area (Å²) in [4.78, 5) is 0. The molecule has 1 heterocycles. The van der Waals surface area contributed by atoms with E-state index in [9.17, 15) is 8.42 Å². The minimum atomic E-state index is -3.22. The van der Waals surface area contributed by atoms with Crippen molar-refractivity contribution in [2.45, 2.75) is 24.8 Å². The highest BCUT2D eigenvalue weighted by Crippen LogP contribution is 2.18. The molecule has 1 aromatic carbocycles. The lowest BCUT2D eigenvalue weighted by atomic mass is 10.1. The van der Waals surface area contributed by atoms with Gasteiger partial charge < -0.3 is 5.32 Å². The largest absolute Gasteiger partial charge is 0.316 e. The zero-order valence-corrected chi connectivity index (χ0v) is 12.7. The fraction of sp³-hybridized carbons (Fsp3) is 0.538. The minimum Gasteiger partial charge on any atom is -0.316 e. The highest BCUT2D eigenvalue weighted by Gasteiger charge is 2.21. The molecule has 4 nitrogen and oxygen atoms in total. The Balaban J connectivity index is 1.94. The summed E-state index contributed by atoms with van der Waals surface area (Å²) in [5.74, 6) is 2.00. The second kappa shape index (κ2) is 6.74. The van der Waals surface area contributed by atoms with Crippen LogP contribution in [0.2, 0.25) is 0 Å². The molecule has 106 valence electrons. The molecule has 0 saturated carbocycles. The van der Waals surface area contributed by atoms with Gasteiger partial charge in [0.2, 0.25) is 10.0 Å². The number of sulfonamides is 1. The van der Waals surface area contributed by atoms with E-state index in [0.29, 0.717) is 0 Å². The van der Waals surface area contributed by atoms with Gasteiger partial charge >= 0.3 is 0 Å². The van der Waals surface area contributed by atoms with E-state index in [1.807, 2.05) is 31.3 Å². The van der Waals surface area contributed by atoms with Crippen LogP contribution in [0.4, 0.5) is 0 Å². The van der Waals surface area contributed by atoms with Crippen LogP contribution in [0.25, 0.3) is 0 Å². The molecule has 2 rings (SSSR count). The van der Waals surface area contributed by atoms with E-state index in [-0.39, 0.29) is 11.8 Å². The van der Waals surface area contributed by atoms with Crippen LogP contribution >= 0.6 is 11.8 Å². The fourth-order valence-corrected chi connectivity index (χ4v) is 4.78. The zero-order valence-electron chi connectivity index (χ0n) is 11.1. The summed E-state index contributed by atoms with van der Waals surface area (Å²) in [6, 6.07) is 7.81. The van der Waals surface area contributed by atoms with Gasteiger partial charge in [-0.3, -0.25) is 0 Å². The van der Waals surface area contributed by atoms with Crippen molar-refractivity contribution in [3.8, 4) is 0 Å². The van der Waals surface area contributed by atoms with E-state index >= 15 is 0 Å². The number of thioether (sulfide) groups is 1. The lowest BCUT2D eigenvalue weighted by Crippen LogP contribution is -2.35. The molecule has 1 aliphatic rings. The third-order valence-corrected chi connectivity index (χ3v) is 5.60. The molecule has 0 radical (unpaired) electrons. The van der Waals surface area contributed by atoms with Gasteiger partial charge in [0.1, 0.15) is 0 Å². The molecule has 1 atom stereocenters. The van der Waals surface area contributed by atoms with Crippen molar-refractivity contribution in [3.05, 3.63) is 35.4 Å². The van der Waals surface area contributed by atoms with E-state index in [1.165, 1.54) is 0 Å². The summed E-state index contributed by atoms with van der Waals surface area (Å²) in [5.41, 5.74) is 1.99. The molecule has 1 fully saturated rings. The predicted molar refractivity (Wildman–Crippen MR) is 80.7 cm³/mol. The summed E-state index contributed by atoms with van der Waals surface area (Å²) in [5, 5.41) is 3.07. The van der Waals surface area contributed by atoms with Gasteiger partial charge in [-0.25, -0.2) is 13.1 Å². The molecule has 1 aromatic rings. The maximum atomic E-state index is 12.0. The topological polar surface area (TPSA) is 58.2 Å². The summed E-state index contributed by atoms with van der Waals surface area (Å²) in [6.07, 6.45) is 0.936. The van der Waals surface area contributed by atoms with Gasteiger partial charge in [0.15, 0.2) is 0 Å². The Kier molecular flexibility index (Phi) is 5.27. The molecule has 1 aliphatic heterocycles. The molecule has 6 heteroatoms. The summed E-state index contributed by atoms with van der Waals surface area (Å²) < 4.78 is 26.9. The third-order valence-electron chi connectivity index (χ3n) is 3.04. The van der Waals surface area contributed by atoms with Gasteiger partial charge in [-0.15, -0.1) is 0 Å². The number of rotatable bonds is 6. The Morgan fingerprint density at radius 1 is 1.26 bits per heavy atom. The Bertz CT molecular complexity index is 494. The van der Waals surface area contributed by atoms with E-state index in [1.54, 1.807) is 11.8 Å². The van der Waals surface area contributed by atoms with Crippen LogP contribution in [0, 0.1) is 0 Å². The lowest BCUT2D eigenvalue weighted by Gasteiger charge is -2.12. The first-order valence-corrected chi connectivity index (χ1v) is 9.20. The van der Waals surface area contributed by atoms with Crippen molar-refractivity contribution in [1.82, 2.24) is 10.0 Å².